The smallest absolute Gasteiger partial charge is 0.303 e. The molecule has 1 aliphatic heterocycles. The van der Waals surface area contributed by atoms with Gasteiger partial charge in [0.2, 0.25) is 5.43 Å². The average Bonchev–Trinajstić information content (AvgIpc) is 2.60. The third-order valence-electron chi connectivity index (χ3n) is 3.78. The van der Waals surface area contributed by atoms with Gasteiger partial charge in [0.25, 0.3) is 0 Å². The molecule has 25 heavy (non-hydrogen) atoms. The summed E-state index contributed by atoms with van der Waals surface area (Å²) in [4.78, 5) is 12.3. The first-order valence-corrected chi connectivity index (χ1v) is 10.2. The van der Waals surface area contributed by atoms with E-state index in [9.17, 15) is 4.79 Å². The van der Waals surface area contributed by atoms with Crippen LogP contribution in [0, 0.1) is 11.8 Å². The number of ether oxygens (including phenoxy) is 1. The number of rotatable bonds is 1. The van der Waals surface area contributed by atoms with Gasteiger partial charge in [-0.25, -0.2) is 0 Å². The Kier molecular flexibility index (Phi) is 8.57. The van der Waals surface area contributed by atoms with Gasteiger partial charge in [-0.1, -0.05) is 53.1 Å². The predicted molar refractivity (Wildman–Crippen MR) is 108 cm³/mol. The summed E-state index contributed by atoms with van der Waals surface area (Å²) in [5, 5.41) is 0. The van der Waals surface area contributed by atoms with E-state index in [2.05, 4.69) is 74.9 Å². The molecule has 1 aliphatic rings. The molecule has 2 atom stereocenters. The van der Waals surface area contributed by atoms with E-state index in [1.807, 2.05) is 0 Å². The number of alkyl halides is 1. The molecule has 0 amide bonds. The van der Waals surface area contributed by atoms with Crippen molar-refractivity contribution in [2.45, 2.75) is 56.4 Å². The summed E-state index contributed by atoms with van der Waals surface area (Å²) >= 11 is 6.99. The Morgan fingerprint density at radius 2 is 2.04 bits per heavy atom. The zero-order valence-corrected chi connectivity index (χ0v) is 17.4. The van der Waals surface area contributed by atoms with Crippen molar-refractivity contribution in [1.29, 1.82) is 0 Å². The zero-order chi connectivity index (χ0) is 18.1. The number of allylic oxidation sites excluding steroid dienone is 4. The van der Waals surface area contributed by atoms with E-state index in [1.165, 1.54) is 6.07 Å². The van der Waals surface area contributed by atoms with Crippen molar-refractivity contribution < 1.29 is 9.15 Å². The molecule has 0 saturated carbocycles. The van der Waals surface area contributed by atoms with Crippen LogP contribution in [0.25, 0.3) is 0 Å². The maximum atomic E-state index is 12.2. The van der Waals surface area contributed by atoms with Crippen LogP contribution in [0.1, 0.15) is 44.8 Å². The van der Waals surface area contributed by atoms with Crippen molar-refractivity contribution in [3.05, 3.63) is 50.8 Å². The molecule has 0 radical (unpaired) electrons. The van der Waals surface area contributed by atoms with Gasteiger partial charge in [-0.15, -0.1) is 5.92 Å². The number of aryl methyl sites for hydroxylation is 1. The van der Waals surface area contributed by atoms with Crippen LogP contribution in [0.5, 0.6) is 5.95 Å². The second kappa shape index (κ2) is 10.7. The molecule has 0 spiro atoms. The highest BCUT2D eigenvalue weighted by molar-refractivity contribution is 9.10. The van der Waals surface area contributed by atoms with Gasteiger partial charge in [0, 0.05) is 25.3 Å². The van der Waals surface area contributed by atoms with E-state index in [0.717, 1.165) is 25.7 Å². The third-order valence-corrected chi connectivity index (χ3v) is 5.46. The van der Waals surface area contributed by atoms with Crippen LogP contribution >= 0.6 is 31.9 Å². The number of halogens is 2. The molecule has 134 valence electrons. The van der Waals surface area contributed by atoms with Gasteiger partial charge < -0.3 is 9.15 Å². The first-order chi connectivity index (χ1) is 12.1. The maximum Gasteiger partial charge on any atom is 0.303 e. The molecule has 2 rings (SSSR count). The van der Waals surface area contributed by atoms with Crippen molar-refractivity contribution in [3.8, 4) is 17.8 Å². The molecule has 0 N–H and O–H groups in total. The minimum Gasteiger partial charge on any atom is -0.460 e. The molecule has 0 aliphatic carbocycles. The van der Waals surface area contributed by atoms with Gasteiger partial charge in [-0.3, -0.25) is 4.79 Å². The maximum absolute atomic E-state index is 12.2. The fraction of sp³-hybridized carbons (Fsp3) is 0.450. The summed E-state index contributed by atoms with van der Waals surface area (Å²) in [7, 11) is 0. The number of hydrogen-bond donors (Lipinski definition) is 0. The van der Waals surface area contributed by atoms with Crippen LogP contribution in [-0.2, 0) is 6.42 Å². The van der Waals surface area contributed by atoms with E-state index < -0.39 is 0 Å². The largest absolute Gasteiger partial charge is 0.460 e. The lowest BCUT2D eigenvalue weighted by Crippen LogP contribution is -2.27. The fourth-order valence-electron chi connectivity index (χ4n) is 2.39. The molecule has 0 aromatic carbocycles. The monoisotopic (exact) mass is 468 g/mol. The van der Waals surface area contributed by atoms with Crippen molar-refractivity contribution in [2.75, 3.05) is 0 Å². The minimum atomic E-state index is -0.133. The summed E-state index contributed by atoms with van der Waals surface area (Å²) in [5.74, 6) is 7.06. The predicted octanol–water partition coefficient (Wildman–Crippen LogP) is 5.56. The summed E-state index contributed by atoms with van der Waals surface area (Å²) in [6, 6.07) is 1.50. The lowest BCUT2D eigenvalue weighted by Gasteiger charge is -2.21. The molecule has 2 unspecified atom stereocenters. The minimum absolute atomic E-state index is 0.0923. The normalized spacial score (nSPS) is 24.3. The van der Waals surface area contributed by atoms with E-state index >= 15 is 0 Å². The van der Waals surface area contributed by atoms with Gasteiger partial charge in [0.15, 0.2) is 0 Å². The molecule has 1 aromatic heterocycles. The highest BCUT2D eigenvalue weighted by Gasteiger charge is 2.21. The quantitative estimate of drug-likeness (QED) is 0.307. The Bertz CT molecular complexity index is 738. The van der Waals surface area contributed by atoms with Gasteiger partial charge in [-0.2, -0.15) is 0 Å². The molecule has 2 bridgehead atoms. The Morgan fingerprint density at radius 1 is 1.24 bits per heavy atom. The zero-order valence-electron chi connectivity index (χ0n) is 14.3. The van der Waals surface area contributed by atoms with Gasteiger partial charge in [0.1, 0.15) is 16.3 Å². The lowest BCUT2D eigenvalue weighted by molar-refractivity contribution is 0.142. The van der Waals surface area contributed by atoms with Gasteiger partial charge in [0.05, 0.1) is 4.83 Å². The number of fused-ring (bicyclic) bond motifs is 2. The summed E-state index contributed by atoms with van der Waals surface area (Å²) < 4.78 is 12.1. The van der Waals surface area contributed by atoms with Crippen LogP contribution in [0.15, 0.2) is 44.1 Å². The average molecular weight is 470 g/mol. The molecule has 5 heteroatoms. The topological polar surface area (TPSA) is 39.4 Å². The Hall–Kier alpha value is -1.25. The van der Waals surface area contributed by atoms with E-state index in [1.54, 1.807) is 0 Å². The number of hydrogen-bond acceptors (Lipinski definition) is 3. The summed E-state index contributed by atoms with van der Waals surface area (Å²) in [6.07, 6.45) is 12.9. The van der Waals surface area contributed by atoms with E-state index in [-0.39, 0.29) is 22.3 Å². The van der Waals surface area contributed by atoms with Crippen LogP contribution in [-0.4, -0.2) is 10.9 Å². The van der Waals surface area contributed by atoms with Crippen molar-refractivity contribution in [3.63, 3.8) is 0 Å². The molecule has 3 nitrogen and oxygen atoms in total. The van der Waals surface area contributed by atoms with Crippen LogP contribution in [0.4, 0.5) is 0 Å². The Morgan fingerprint density at radius 3 is 2.84 bits per heavy atom. The molecule has 2 heterocycles. The highest BCUT2D eigenvalue weighted by atomic mass is 79.9. The standard InChI is InChI=1S/C20H22Br2O3/c1-2-18-16(21)13-11-9-7-5-3-4-6-8-10-12-15-14-17(23)19(22)20(24-15)25-18/h3,5,9,11,14,16,18H,2,4,7,10,12-13H2,1H3/b5-3-,11-9-. The molecule has 1 aromatic rings. The summed E-state index contributed by atoms with van der Waals surface area (Å²) in [5.41, 5.74) is -0.133. The Balaban J connectivity index is 2.28. The van der Waals surface area contributed by atoms with Gasteiger partial charge >= 0.3 is 5.95 Å². The second-order valence-electron chi connectivity index (χ2n) is 5.73. The molecular formula is C20H22Br2O3. The van der Waals surface area contributed by atoms with Gasteiger partial charge in [-0.05, 0) is 35.2 Å². The molecule has 0 fully saturated rings. The Labute approximate surface area is 165 Å². The van der Waals surface area contributed by atoms with Crippen molar-refractivity contribution in [2.24, 2.45) is 0 Å². The SMILES string of the molecule is CCC1Oc2oc(cc(=O)c2Br)CCC#CC/C=C\C/C=C\CC1Br. The third kappa shape index (κ3) is 6.52. The van der Waals surface area contributed by atoms with Crippen molar-refractivity contribution >= 4 is 31.9 Å². The van der Waals surface area contributed by atoms with Crippen LogP contribution < -0.4 is 10.2 Å². The fourth-order valence-corrected chi connectivity index (χ4v) is 3.38. The molecular weight excluding hydrogens is 448 g/mol. The van der Waals surface area contributed by atoms with E-state index in [4.69, 9.17) is 9.15 Å². The second-order valence-corrected chi connectivity index (χ2v) is 7.70. The summed E-state index contributed by atoms with van der Waals surface area (Å²) in [6.45, 7) is 2.05. The molecule has 0 saturated heterocycles. The van der Waals surface area contributed by atoms with Crippen LogP contribution in [0.2, 0.25) is 0 Å². The first kappa shape index (κ1) is 20.1. The lowest BCUT2D eigenvalue weighted by atomic mass is 10.1. The highest BCUT2D eigenvalue weighted by Crippen LogP contribution is 2.27. The van der Waals surface area contributed by atoms with E-state index in [0.29, 0.717) is 23.1 Å². The van der Waals surface area contributed by atoms with Crippen LogP contribution in [0.3, 0.4) is 0 Å². The first-order valence-electron chi connectivity index (χ1n) is 8.50. The van der Waals surface area contributed by atoms with Crippen molar-refractivity contribution in [1.82, 2.24) is 0 Å².